The predicted molar refractivity (Wildman–Crippen MR) is 105 cm³/mol. The fourth-order valence-corrected chi connectivity index (χ4v) is 4.47. The molecule has 9 heteroatoms. The second-order valence-corrected chi connectivity index (χ2v) is 7.47. The topological polar surface area (TPSA) is 124 Å². The van der Waals surface area contributed by atoms with Gasteiger partial charge in [-0.1, -0.05) is 0 Å². The van der Waals surface area contributed by atoms with Crippen molar-refractivity contribution < 1.29 is 19.1 Å². The van der Waals surface area contributed by atoms with Gasteiger partial charge in [0.25, 0.3) is 12.4 Å². The van der Waals surface area contributed by atoms with E-state index in [0.717, 1.165) is 29.3 Å². The highest BCUT2D eigenvalue weighted by atomic mass is 16.3. The highest BCUT2D eigenvalue weighted by molar-refractivity contribution is 6.05. The standard InChI is InChI=1S/C19H21N5O2.CH2O2/c1-24-13-3-4-14(24)10-12(9-13)21-18(25)17-15-8-11(19-20-6-7-26-19)2-5-16(15)22-23-17;2-1-3/h2,5-8,12-14H,3-4,9-10H2,1H3,(H,21,25)(H,22,23);1H,(H,2,3). The van der Waals surface area contributed by atoms with Crippen LogP contribution in [0.2, 0.25) is 0 Å². The van der Waals surface area contributed by atoms with E-state index in [0.29, 0.717) is 23.7 Å². The first-order valence-electron chi connectivity index (χ1n) is 9.59. The molecule has 29 heavy (non-hydrogen) atoms. The van der Waals surface area contributed by atoms with E-state index in [9.17, 15) is 4.79 Å². The lowest BCUT2D eigenvalue weighted by Gasteiger charge is -2.36. The summed E-state index contributed by atoms with van der Waals surface area (Å²) in [6.45, 7) is -0.250. The van der Waals surface area contributed by atoms with E-state index in [2.05, 4.69) is 32.4 Å². The third kappa shape index (κ3) is 3.73. The smallest absolute Gasteiger partial charge is 0.290 e. The van der Waals surface area contributed by atoms with Crippen molar-refractivity contribution in [3.63, 3.8) is 0 Å². The predicted octanol–water partition coefficient (Wildman–Crippen LogP) is 2.27. The molecule has 5 rings (SSSR count). The molecule has 3 aromatic rings. The van der Waals surface area contributed by atoms with Crippen LogP contribution in [0, 0.1) is 0 Å². The number of oxazole rings is 1. The zero-order chi connectivity index (χ0) is 20.4. The molecule has 0 spiro atoms. The minimum Gasteiger partial charge on any atom is -0.483 e. The number of carbonyl (C=O) groups is 2. The largest absolute Gasteiger partial charge is 0.483 e. The molecule has 4 heterocycles. The molecule has 2 bridgehead atoms. The lowest BCUT2D eigenvalue weighted by Crippen LogP contribution is -2.48. The molecule has 0 aliphatic carbocycles. The molecule has 2 aliphatic rings. The number of nitrogens with one attached hydrogen (secondary N) is 2. The van der Waals surface area contributed by atoms with Crippen molar-refractivity contribution in [2.45, 2.75) is 43.8 Å². The summed E-state index contributed by atoms with van der Waals surface area (Å²) in [7, 11) is 2.20. The van der Waals surface area contributed by atoms with E-state index in [1.165, 1.54) is 19.1 Å². The maximum atomic E-state index is 12.9. The number of H-pyrrole nitrogens is 1. The van der Waals surface area contributed by atoms with Crippen LogP contribution >= 0.6 is 0 Å². The second kappa shape index (κ2) is 8.04. The molecule has 2 saturated heterocycles. The summed E-state index contributed by atoms with van der Waals surface area (Å²) in [6, 6.07) is 7.10. The van der Waals surface area contributed by atoms with Crippen LogP contribution < -0.4 is 5.32 Å². The number of piperidine rings is 1. The Bertz CT molecular complexity index is 986. The van der Waals surface area contributed by atoms with Gasteiger partial charge in [0.15, 0.2) is 5.69 Å². The van der Waals surface area contributed by atoms with Crippen molar-refractivity contribution in [1.82, 2.24) is 25.4 Å². The number of hydrogen-bond acceptors (Lipinski definition) is 6. The van der Waals surface area contributed by atoms with Gasteiger partial charge in [0, 0.05) is 29.1 Å². The van der Waals surface area contributed by atoms with Crippen LogP contribution in [0.3, 0.4) is 0 Å². The molecule has 0 radical (unpaired) electrons. The van der Waals surface area contributed by atoms with Gasteiger partial charge in [0.05, 0.1) is 11.7 Å². The van der Waals surface area contributed by atoms with Gasteiger partial charge in [-0.25, -0.2) is 4.98 Å². The number of carboxylic acid groups (broad SMARTS) is 1. The molecule has 1 amide bonds. The number of rotatable bonds is 3. The second-order valence-electron chi connectivity index (χ2n) is 7.47. The van der Waals surface area contributed by atoms with E-state index >= 15 is 0 Å². The van der Waals surface area contributed by atoms with E-state index in [1.54, 1.807) is 6.20 Å². The lowest BCUT2D eigenvalue weighted by atomic mass is 9.98. The zero-order valence-electron chi connectivity index (χ0n) is 16.0. The van der Waals surface area contributed by atoms with Gasteiger partial charge in [-0.15, -0.1) is 0 Å². The van der Waals surface area contributed by atoms with Crippen molar-refractivity contribution in [2.75, 3.05) is 7.05 Å². The first-order chi connectivity index (χ1) is 14.1. The summed E-state index contributed by atoms with van der Waals surface area (Å²) in [6.07, 6.45) is 7.65. The van der Waals surface area contributed by atoms with Gasteiger partial charge in [-0.2, -0.15) is 5.10 Å². The molecule has 2 unspecified atom stereocenters. The number of hydrogen-bond donors (Lipinski definition) is 3. The van der Waals surface area contributed by atoms with Crippen LogP contribution in [-0.2, 0) is 4.79 Å². The highest BCUT2D eigenvalue weighted by Crippen LogP contribution is 2.34. The number of amides is 1. The van der Waals surface area contributed by atoms with Crippen molar-refractivity contribution in [1.29, 1.82) is 0 Å². The third-order valence-electron chi connectivity index (χ3n) is 5.89. The molecule has 2 atom stereocenters. The minimum absolute atomic E-state index is 0.116. The molecular formula is C20H23N5O4. The van der Waals surface area contributed by atoms with Gasteiger partial charge < -0.3 is 19.7 Å². The number of aromatic nitrogens is 3. The maximum absolute atomic E-state index is 12.9. The van der Waals surface area contributed by atoms with Gasteiger partial charge >= 0.3 is 0 Å². The molecular weight excluding hydrogens is 374 g/mol. The Morgan fingerprint density at radius 2 is 2.07 bits per heavy atom. The number of aromatic amines is 1. The lowest BCUT2D eigenvalue weighted by molar-refractivity contribution is -0.122. The molecule has 2 aliphatic heterocycles. The molecule has 0 saturated carbocycles. The summed E-state index contributed by atoms with van der Waals surface area (Å²) in [4.78, 5) is 27.9. The van der Waals surface area contributed by atoms with Crippen LogP contribution in [0.4, 0.5) is 0 Å². The van der Waals surface area contributed by atoms with E-state index < -0.39 is 0 Å². The molecule has 2 aromatic heterocycles. The van der Waals surface area contributed by atoms with E-state index in [1.807, 2.05) is 18.2 Å². The third-order valence-corrected chi connectivity index (χ3v) is 5.89. The monoisotopic (exact) mass is 397 g/mol. The molecule has 3 N–H and O–H groups in total. The van der Waals surface area contributed by atoms with Crippen LogP contribution in [0.1, 0.15) is 36.2 Å². The number of fused-ring (bicyclic) bond motifs is 3. The van der Waals surface area contributed by atoms with Crippen LogP contribution in [0.15, 0.2) is 35.1 Å². The summed E-state index contributed by atoms with van der Waals surface area (Å²) in [5.41, 5.74) is 2.09. The molecule has 152 valence electrons. The van der Waals surface area contributed by atoms with Crippen molar-refractivity contribution in [3.8, 4) is 11.5 Å². The fraction of sp³-hybridized carbons (Fsp3) is 0.400. The molecule has 9 nitrogen and oxygen atoms in total. The normalized spacial score (nSPS) is 23.4. The average Bonchev–Trinajstić information content (AvgIpc) is 3.41. The minimum atomic E-state index is -0.250. The Balaban J connectivity index is 0.000000645. The quantitative estimate of drug-likeness (QED) is 0.579. The summed E-state index contributed by atoms with van der Waals surface area (Å²) >= 11 is 0. The van der Waals surface area contributed by atoms with Gasteiger partial charge in [-0.3, -0.25) is 14.7 Å². The number of benzene rings is 1. The number of nitrogens with zero attached hydrogens (tertiary/aromatic N) is 3. The fourth-order valence-electron chi connectivity index (χ4n) is 4.47. The zero-order valence-corrected chi connectivity index (χ0v) is 16.0. The van der Waals surface area contributed by atoms with E-state index in [-0.39, 0.29) is 18.4 Å². The summed E-state index contributed by atoms with van der Waals surface area (Å²) in [5.74, 6) is 0.418. The SMILES string of the molecule is CN1C2CCC1CC(NC(=O)c1n[nH]c3ccc(-c4ncco4)cc13)C2.O=CO. The van der Waals surface area contributed by atoms with Gasteiger partial charge in [-0.05, 0) is 50.9 Å². The Kier molecular flexibility index (Phi) is 5.30. The van der Waals surface area contributed by atoms with Crippen LogP contribution in [0.5, 0.6) is 0 Å². The van der Waals surface area contributed by atoms with Gasteiger partial charge in [0.2, 0.25) is 5.89 Å². The number of carbonyl (C=O) groups excluding carboxylic acids is 1. The van der Waals surface area contributed by atoms with Crippen LogP contribution in [0.25, 0.3) is 22.4 Å². The maximum Gasteiger partial charge on any atom is 0.290 e. The first-order valence-corrected chi connectivity index (χ1v) is 9.59. The molecule has 1 aromatic carbocycles. The Labute approximate surface area is 167 Å². The highest BCUT2D eigenvalue weighted by Gasteiger charge is 2.39. The van der Waals surface area contributed by atoms with Crippen molar-refractivity contribution in [3.05, 3.63) is 36.4 Å². The Hall–Kier alpha value is -3.20. The van der Waals surface area contributed by atoms with Gasteiger partial charge in [0.1, 0.15) is 6.26 Å². The Morgan fingerprint density at radius 3 is 2.72 bits per heavy atom. The van der Waals surface area contributed by atoms with Crippen molar-refractivity contribution >= 4 is 23.3 Å². The summed E-state index contributed by atoms with van der Waals surface area (Å²) < 4.78 is 5.36. The van der Waals surface area contributed by atoms with E-state index in [4.69, 9.17) is 14.3 Å². The van der Waals surface area contributed by atoms with Crippen molar-refractivity contribution in [2.24, 2.45) is 0 Å². The Morgan fingerprint density at radius 1 is 1.34 bits per heavy atom. The summed E-state index contributed by atoms with van der Waals surface area (Å²) in [5, 5.41) is 18.1. The first kappa shape index (κ1) is 19.1. The van der Waals surface area contributed by atoms with Crippen LogP contribution in [-0.4, -0.2) is 62.7 Å². The molecule has 2 fully saturated rings. The average molecular weight is 397 g/mol.